The number of hydrogen-bond donors (Lipinski definition) is 3. The maximum absolute atomic E-state index is 13.3. The molecule has 2 aromatic rings. The van der Waals surface area contributed by atoms with E-state index in [0.29, 0.717) is 37.9 Å². The van der Waals surface area contributed by atoms with E-state index in [-0.39, 0.29) is 30.1 Å². The Bertz CT molecular complexity index is 1120. The van der Waals surface area contributed by atoms with Crippen molar-refractivity contribution in [2.24, 2.45) is 5.92 Å². The third-order valence-electron chi connectivity index (χ3n) is 6.80. The number of benzene rings is 1. The van der Waals surface area contributed by atoms with Crippen molar-refractivity contribution in [1.82, 2.24) is 20.5 Å². The van der Waals surface area contributed by atoms with Gasteiger partial charge in [-0.2, -0.15) is 0 Å². The monoisotopic (exact) mass is 480 g/mol. The molecule has 1 aliphatic carbocycles. The normalized spacial score (nSPS) is 20.9. The van der Waals surface area contributed by atoms with Crippen LogP contribution in [-0.2, 0) is 19.2 Å². The van der Waals surface area contributed by atoms with Crippen LogP contribution in [-0.4, -0.2) is 63.8 Å². The van der Waals surface area contributed by atoms with Gasteiger partial charge in [0.25, 0.3) is 11.8 Å². The molecule has 2 aliphatic rings. The van der Waals surface area contributed by atoms with E-state index in [0.717, 1.165) is 17.3 Å². The minimum atomic E-state index is -1.11. The third-order valence-corrected chi connectivity index (χ3v) is 6.80. The Morgan fingerprint density at radius 3 is 2.54 bits per heavy atom. The first kappa shape index (κ1) is 24.6. The summed E-state index contributed by atoms with van der Waals surface area (Å²) in [6, 6.07) is 7.20. The summed E-state index contributed by atoms with van der Waals surface area (Å²) in [4.78, 5) is 68.7. The summed E-state index contributed by atoms with van der Waals surface area (Å²) in [6.45, 7) is 3.90. The van der Waals surface area contributed by atoms with Crippen molar-refractivity contribution in [2.45, 2.75) is 70.5 Å². The van der Waals surface area contributed by atoms with Crippen molar-refractivity contribution >= 4 is 40.2 Å². The number of carbonyl (C=O) groups excluding carboxylic acids is 5. The summed E-state index contributed by atoms with van der Waals surface area (Å²) in [7, 11) is 0. The Balaban J connectivity index is 1.50. The predicted octanol–water partition coefficient (Wildman–Crippen LogP) is 2.11. The Kier molecular flexibility index (Phi) is 7.33. The molecule has 1 saturated heterocycles. The number of nitrogens with zero attached hydrogens (tertiary/aromatic N) is 1. The lowest BCUT2D eigenvalue weighted by Crippen LogP contribution is -2.54. The molecule has 3 N–H and O–H groups in total. The third kappa shape index (κ3) is 5.44. The number of aromatic nitrogens is 1. The molecule has 1 aromatic heterocycles. The van der Waals surface area contributed by atoms with Crippen molar-refractivity contribution in [1.29, 1.82) is 0 Å². The molecular formula is C26H32N4O5. The number of H-pyrrole nitrogens is 1. The maximum atomic E-state index is 13.3. The number of fused-ring (bicyclic) bond motifs is 1. The Morgan fingerprint density at radius 2 is 1.86 bits per heavy atom. The maximum Gasteiger partial charge on any atom is 0.289 e. The minimum absolute atomic E-state index is 0.0535. The largest absolute Gasteiger partial charge is 0.351 e. The lowest BCUT2D eigenvalue weighted by molar-refractivity contribution is -0.141. The molecule has 1 aromatic carbocycles. The molecular weight excluding hydrogens is 448 g/mol. The number of rotatable bonds is 8. The van der Waals surface area contributed by atoms with Gasteiger partial charge in [-0.25, -0.2) is 0 Å². The van der Waals surface area contributed by atoms with Gasteiger partial charge in [-0.3, -0.25) is 24.0 Å². The minimum Gasteiger partial charge on any atom is -0.351 e. The smallest absolute Gasteiger partial charge is 0.289 e. The molecule has 3 unspecified atom stereocenters. The van der Waals surface area contributed by atoms with Crippen molar-refractivity contribution in [3.8, 4) is 0 Å². The van der Waals surface area contributed by atoms with E-state index in [1.165, 1.54) is 4.90 Å². The molecule has 1 aliphatic heterocycles. The molecule has 2 fully saturated rings. The van der Waals surface area contributed by atoms with Gasteiger partial charge in [0.15, 0.2) is 0 Å². The summed E-state index contributed by atoms with van der Waals surface area (Å²) >= 11 is 0. The summed E-state index contributed by atoms with van der Waals surface area (Å²) in [5.41, 5.74) is 1.23. The number of aromatic amines is 1. The molecule has 9 heteroatoms. The van der Waals surface area contributed by atoms with Crippen LogP contribution in [0.25, 0.3) is 10.9 Å². The average molecular weight is 481 g/mol. The fourth-order valence-electron chi connectivity index (χ4n) is 5.04. The number of amides is 3. The fourth-order valence-corrected chi connectivity index (χ4v) is 5.04. The standard InChI is InChI=1S/C26H32N4O5/c1-15(2)27-25(34)23(32)19(14-17-8-5-11-22(17)31)29-24(33)21-10-6-12-30(21)26(35)20-13-16-7-3-4-9-18(16)28-20/h3-4,7,9,13,15,17,19,21,28H,5-6,8,10-12,14H2,1-2H3,(H,27,34)(H,29,33). The van der Waals surface area contributed by atoms with Crippen LogP contribution in [0.4, 0.5) is 0 Å². The lowest BCUT2D eigenvalue weighted by Gasteiger charge is -2.26. The predicted molar refractivity (Wildman–Crippen MR) is 130 cm³/mol. The van der Waals surface area contributed by atoms with Gasteiger partial charge in [-0.05, 0) is 58.1 Å². The first-order valence-electron chi connectivity index (χ1n) is 12.3. The van der Waals surface area contributed by atoms with Crippen LogP contribution in [0, 0.1) is 5.92 Å². The molecule has 9 nitrogen and oxygen atoms in total. The van der Waals surface area contributed by atoms with Crippen LogP contribution < -0.4 is 10.6 Å². The van der Waals surface area contributed by atoms with Crippen LogP contribution in [0.1, 0.15) is 62.9 Å². The van der Waals surface area contributed by atoms with Crippen molar-refractivity contribution in [3.05, 3.63) is 36.0 Å². The van der Waals surface area contributed by atoms with E-state index in [4.69, 9.17) is 0 Å². The number of likely N-dealkylation sites (tertiary alicyclic amines) is 1. The molecule has 186 valence electrons. The van der Waals surface area contributed by atoms with E-state index < -0.39 is 29.7 Å². The topological polar surface area (TPSA) is 128 Å². The molecule has 0 bridgehead atoms. The number of carbonyl (C=O) groups is 5. The van der Waals surface area contributed by atoms with Gasteiger partial charge in [-0.1, -0.05) is 18.2 Å². The van der Waals surface area contributed by atoms with Crippen LogP contribution in [0.3, 0.4) is 0 Å². The van der Waals surface area contributed by atoms with Gasteiger partial charge < -0.3 is 20.5 Å². The van der Waals surface area contributed by atoms with E-state index in [9.17, 15) is 24.0 Å². The first-order chi connectivity index (χ1) is 16.7. The highest BCUT2D eigenvalue weighted by molar-refractivity contribution is 6.38. The molecule has 0 spiro atoms. The van der Waals surface area contributed by atoms with Gasteiger partial charge in [0.1, 0.15) is 17.5 Å². The second-order valence-corrected chi connectivity index (χ2v) is 9.77. The zero-order valence-corrected chi connectivity index (χ0v) is 20.1. The van der Waals surface area contributed by atoms with Gasteiger partial charge in [0.05, 0.1) is 6.04 Å². The van der Waals surface area contributed by atoms with Gasteiger partial charge in [0.2, 0.25) is 11.7 Å². The van der Waals surface area contributed by atoms with E-state index in [1.54, 1.807) is 19.9 Å². The highest BCUT2D eigenvalue weighted by Gasteiger charge is 2.39. The van der Waals surface area contributed by atoms with Crippen LogP contribution in [0.15, 0.2) is 30.3 Å². The molecule has 3 atom stereocenters. The van der Waals surface area contributed by atoms with Gasteiger partial charge >= 0.3 is 0 Å². The lowest BCUT2D eigenvalue weighted by atomic mass is 9.94. The molecule has 2 heterocycles. The Labute approximate surface area is 204 Å². The summed E-state index contributed by atoms with van der Waals surface area (Å²) in [5, 5.41) is 6.19. The number of nitrogens with one attached hydrogen (secondary N) is 3. The summed E-state index contributed by atoms with van der Waals surface area (Å²) < 4.78 is 0. The van der Waals surface area contributed by atoms with E-state index >= 15 is 0 Å². The van der Waals surface area contributed by atoms with Crippen LogP contribution >= 0.6 is 0 Å². The zero-order chi connectivity index (χ0) is 25.1. The number of para-hydroxylation sites is 1. The highest BCUT2D eigenvalue weighted by atomic mass is 16.2. The highest BCUT2D eigenvalue weighted by Crippen LogP contribution is 2.27. The Hall–Kier alpha value is -3.49. The average Bonchev–Trinajstić information content (AvgIpc) is 3.56. The van der Waals surface area contributed by atoms with E-state index in [1.807, 2.05) is 24.3 Å². The fraction of sp³-hybridized carbons (Fsp3) is 0.500. The molecule has 0 radical (unpaired) electrons. The molecule has 1 saturated carbocycles. The van der Waals surface area contributed by atoms with Crippen molar-refractivity contribution < 1.29 is 24.0 Å². The molecule has 3 amide bonds. The quantitative estimate of drug-likeness (QED) is 0.499. The zero-order valence-electron chi connectivity index (χ0n) is 20.1. The number of Topliss-reactive ketones (excluding diaryl/α,β-unsaturated/α-hetero) is 2. The number of hydrogen-bond acceptors (Lipinski definition) is 5. The summed E-state index contributed by atoms with van der Waals surface area (Å²) in [6.07, 6.45) is 3.03. The van der Waals surface area contributed by atoms with Crippen molar-refractivity contribution in [2.75, 3.05) is 6.54 Å². The van der Waals surface area contributed by atoms with Gasteiger partial charge in [0, 0.05) is 35.8 Å². The van der Waals surface area contributed by atoms with E-state index in [2.05, 4.69) is 15.6 Å². The molecule has 4 rings (SSSR count). The summed E-state index contributed by atoms with van der Waals surface area (Å²) in [5.74, 6) is -2.62. The molecule has 35 heavy (non-hydrogen) atoms. The Morgan fingerprint density at radius 1 is 1.09 bits per heavy atom. The number of ketones is 2. The van der Waals surface area contributed by atoms with Crippen LogP contribution in [0.5, 0.6) is 0 Å². The second-order valence-electron chi connectivity index (χ2n) is 9.77. The van der Waals surface area contributed by atoms with Gasteiger partial charge in [-0.15, -0.1) is 0 Å². The second kappa shape index (κ2) is 10.4. The van der Waals surface area contributed by atoms with Crippen LogP contribution in [0.2, 0.25) is 0 Å². The SMILES string of the molecule is CC(C)NC(=O)C(=O)C(CC1CCCC1=O)NC(=O)C1CCCN1C(=O)c1cc2ccccc2[nH]1. The first-order valence-corrected chi connectivity index (χ1v) is 12.3. The van der Waals surface area contributed by atoms with Crippen molar-refractivity contribution in [3.63, 3.8) is 0 Å².